The van der Waals surface area contributed by atoms with Gasteiger partial charge in [-0.25, -0.2) is 4.79 Å². The van der Waals surface area contributed by atoms with Crippen molar-refractivity contribution in [3.63, 3.8) is 0 Å². The number of piperidine rings is 1. The fourth-order valence-corrected chi connectivity index (χ4v) is 5.12. The van der Waals surface area contributed by atoms with Crippen molar-refractivity contribution in [1.29, 1.82) is 0 Å². The lowest BCUT2D eigenvalue weighted by atomic mass is 9.92. The maximum atomic E-state index is 13.0. The van der Waals surface area contributed by atoms with E-state index in [1.165, 1.54) is 0 Å². The number of halogens is 1. The van der Waals surface area contributed by atoms with Gasteiger partial charge in [-0.05, 0) is 63.5 Å². The molecule has 4 fully saturated rings. The van der Waals surface area contributed by atoms with Crippen LogP contribution < -0.4 is 5.32 Å². The van der Waals surface area contributed by atoms with Gasteiger partial charge in [-0.2, -0.15) is 0 Å². The van der Waals surface area contributed by atoms with Crippen LogP contribution in [0, 0.1) is 17.8 Å². The van der Waals surface area contributed by atoms with E-state index in [-0.39, 0.29) is 24.4 Å². The maximum Gasteiger partial charge on any atom is 0.319 e. The summed E-state index contributed by atoms with van der Waals surface area (Å²) in [5.74, 6) is 2.00. The second-order valence-electron chi connectivity index (χ2n) is 8.32. The molecule has 7 heteroatoms. The molecular formula is C19H33ClN4O2. The Hall–Kier alpha value is -1.01. The van der Waals surface area contributed by atoms with Gasteiger partial charge in [0.15, 0.2) is 0 Å². The van der Waals surface area contributed by atoms with Crippen LogP contribution in [0.1, 0.15) is 38.5 Å². The predicted octanol–water partition coefficient (Wildman–Crippen LogP) is 1.79. The fourth-order valence-electron chi connectivity index (χ4n) is 5.12. The van der Waals surface area contributed by atoms with Gasteiger partial charge in [-0.1, -0.05) is 0 Å². The summed E-state index contributed by atoms with van der Waals surface area (Å²) in [5.41, 5.74) is 0. The summed E-state index contributed by atoms with van der Waals surface area (Å²) in [7, 11) is 0. The van der Waals surface area contributed by atoms with Crippen LogP contribution in [0.4, 0.5) is 4.79 Å². The standard InChI is InChI=1S/C19H32N4O2.ClH/c24-18(21-9-5-16-13-20-14-17(16)6-10-21)15-3-11-23(12-4-15)19(25)22-7-1-2-8-22;/h15-17,20H,1-14H2;1H/t16-,17+;. The van der Waals surface area contributed by atoms with Gasteiger partial charge in [0.05, 0.1) is 0 Å². The minimum Gasteiger partial charge on any atom is -0.342 e. The largest absolute Gasteiger partial charge is 0.342 e. The molecule has 0 aliphatic carbocycles. The quantitative estimate of drug-likeness (QED) is 0.750. The molecule has 2 atom stereocenters. The van der Waals surface area contributed by atoms with Gasteiger partial charge in [-0.15, -0.1) is 12.4 Å². The van der Waals surface area contributed by atoms with Crippen molar-refractivity contribution in [2.45, 2.75) is 38.5 Å². The second-order valence-corrected chi connectivity index (χ2v) is 8.32. The van der Waals surface area contributed by atoms with Crippen LogP contribution in [0.25, 0.3) is 0 Å². The molecule has 148 valence electrons. The Balaban J connectivity index is 0.00000196. The minimum absolute atomic E-state index is 0. The van der Waals surface area contributed by atoms with Crippen LogP contribution in [0.2, 0.25) is 0 Å². The molecule has 0 aromatic rings. The average molecular weight is 385 g/mol. The number of urea groups is 1. The number of nitrogens with one attached hydrogen (secondary N) is 1. The fraction of sp³-hybridized carbons (Fsp3) is 0.895. The number of carbonyl (C=O) groups is 2. The van der Waals surface area contributed by atoms with Crippen LogP contribution in [-0.2, 0) is 4.79 Å². The topological polar surface area (TPSA) is 55.9 Å². The molecule has 0 aromatic heterocycles. The number of hydrogen-bond acceptors (Lipinski definition) is 3. The zero-order chi connectivity index (χ0) is 17.2. The first-order chi connectivity index (χ1) is 12.2. The van der Waals surface area contributed by atoms with Gasteiger partial charge in [-0.3, -0.25) is 4.79 Å². The zero-order valence-electron chi connectivity index (χ0n) is 15.7. The third-order valence-electron chi connectivity index (χ3n) is 6.82. The first kappa shape index (κ1) is 19.7. The summed E-state index contributed by atoms with van der Waals surface area (Å²) in [6.07, 6.45) is 6.23. The Labute approximate surface area is 163 Å². The van der Waals surface area contributed by atoms with Crippen molar-refractivity contribution in [2.75, 3.05) is 52.4 Å². The number of hydrogen-bond donors (Lipinski definition) is 1. The van der Waals surface area contributed by atoms with Crippen LogP contribution in [0.15, 0.2) is 0 Å². The van der Waals surface area contributed by atoms with Crippen LogP contribution in [0.3, 0.4) is 0 Å². The number of carbonyl (C=O) groups excluding carboxylic acids is 2. The molecule has 0 saturated carbocycles. The van der Waals surface area contributed by atoms with Crippen LogP contribution >= 0.6 is 12.4 Å². The number of fused-ring (bicyclic) bond motifs is 1. The number of likely N-dealkylation sites (tertiary alicyclic amines) is 3. The summed E-state index contributed by atoms with van der Waals surface area (Å²) in [5, 5.41) is 3.49. The molecule has 0 bridgehead atoms. The molecule has 1 N–H and O–H groups in total. The van der Waals surface area contributed by atoms with Gasteiger partial charge in [0.2, 0.25) is 5.91 Å². The lowest BCUT2D eigenvalue weighted by Crippen LogP contribution is -2.48. The number of nitrogens with zero attached hydrogens (tertiary/aromatic N) is 3. The van der Waals surface area contributed by atoms with E-state index in [0.717, 1.165) is 103 Å². The lowest BCUT2D eigenvalue weighted by Gasteiger charge is -2.35. The SMILES string of the molecule is Cl.O=C(C1CCN(C(=O)N2CCCC2)CC1)N1CC[C@@H]2CNC[C@@H]2CC1. The Bertz CT molecular complexity index is 490. The van der Waals surface area contributed by atoms with Crippen molar-refractivity contribution in [3.05, 3.63) is 0 Å². The van der Waals surface area contributed by atoms with Gasteiger partial charge in [0, 0.05) is 45.2 Å². The average Bonchev–Trinajstić information content (AvgIpc) is 3.30. The maximum absolute atomic E-state index is 13.0. The third kappa shape index (κ3) is 4.11. The van der Waals surface area contributed by atoms with Crippen molar-refractivity contribution in [3.8, 4) is 0 Å². The highest BCUT2D eigenvalue weighted by atomic mass is 35.5. The Morgan fingerprint density at radius 2 is 1.19 bits per heavy atom. The monoisotopic (exact) mass is 384 g/mol. The van der Waals surface area contributed by atoms with E-state index in [9.17, 15) is 9.59 Å². The molecule has 4 saturated heterocycles. The lowest BCUT2D eigenvalue weighted by molar-refractivity contribution is -0.136. The van der Waals surface area contributed by atoms with E-state index in [1.54, 1.807) is 0 Å². The summed E-state index contributed by atoms with van der Waals surface area (Å²) in [6, 6.07) is 0.193. The molecule has 0 aromatic carbocycles. The molecule has 4 aliphatic rings. The third-order valence-corrected chi connectivity index (χ3v) is 6.82. The smallest absolute Gasteiger partial charge is 0.319 e. The van der Waals surface area contributed by atoms with Crippen molar-refractivity contribution in [1.82, 2.24) is 20.0 Å². The Morgan fingerprint density at radius 3 is 1.77 bits per heavy atom. The zero-order valence-corrected chi connectivity index (χ0v) is 16.5. The molecular weight excluding hydrogens is 352 g/mol. The minimum atomic E-state index is 0. The summed E-state index contributed by atoms with van der Waals surface area (Å²) in [4.78, 5) is 31.5. The molecule has 4 rings (SSSR count). The summed E-state index contributed by atoms with van der Waals surface area (Å²) < 4.78 is 0. The first-order valence-electron chi connectivity index (χ1n) is 10.3. The molecule has 3 amide bonds. The highest BCUT2D eigenvalue weighted by Gasteiger charge is 2.35. The van der Waals surface area contributed by atoms with E-state index >= 15 is 0 Å². The molecule has 26 heavy (non-hydrogen) atoms. The van der Waals surface area contributed by atoms with Crippen molar-refractivity contribution >= 4 is 24.3 Å². The van der Waals surface area contributed by atoms with E-state index in [1.807, 2.05) is 9.80 Å². The summed E-state index contributed by atoms with van der Waals surface area (Å²) in [6.45, 7) is 7.41. The number of amides is 3. The van der Waals surface area contributed by atoms with Crippen LogP contribution in [0.5, 0.6) is 0 Å². The highest BCUT2D eigenvalue weighted by molar-refractivity contribution is 5.85. The molecule has 4 heterocycles. The normalized spacial score (nSPS) is 29.9. The van der Waals surface area contributed by atoms with E-state index in [0.29, 0.717) is 5.91 Å². The summed E-state index contributed by atoms with van der Waals surface area (Å²) >= 11 is 0. The molecule has 0 spiro atoms. The molecule has 0 radical (unpaired) electrons. The molecule has 4 aliphatic heterocycles. The second kappa shape index (κ2) is 8.79. The van der Waals surface area contributed by atoms with E-state index in [4.69, 9.17) is 0 Å². The van der Waals surface area contributed by atoms with Gasteiger partial charge < -0.3 is 20.0 Å². The van der Waals surface area contributed by atoms with Crippen molar-refractivity contribution in [2.24, 2.45) is 17.8 Å². The Morgan fingerprint density at radius 1 is 0.692 bits per heavy atom. The first-order valence-corrected chi connectivity index (χ1v) is 10.3. The van der Waals surface area contributed by atoms with E-state index in [2.05, 4.69) is 10.2 Å². The van der Waals surface area contributed by atoms with Gasteiger partial charge in [0.25, 0.3) is 0 Å². The number of rotatable bonds is 1. The molecule has 0 unspecified atom stereocenters. The van der Waals surface area contributed by atoms with Gasteiger partial charge in [0.1, 0.15) is 0 Å². The van der Waals surface area contributed by atoms with Crippen molar-refractivity contribution < 1.29 is 9.59 Å². The highest BCUT2D eigenvalue weighted by Crippen LogP contribution is 2.29. The van der Waals surface area contributed by atoms with Gasteiger partial charge >= 0.3 is 6.03 Å². The van der Waals surface area contributed by atoms with E-state index < -0.39 is 0 Å². The predicted molar refractivity (Wildman–Crippen MR) is 103 cm³/mol. The van der Waals surface area contributed by atoms with Crippen LogP contribution in [-0.4, -0.2) is 79.0 Å². The molecule has 6 nitrogen and oxygen atoms in total. The Kier molecular flexibility index (Phi) is 6.67.